The summed E-state index contributed by atoms with van der Waals surface area (Å²) < 4.78 is 33.3. The van der Waals surface area contributed by atoms with Crippen LogP contribution in [0.2, 0.25) is 0 Å². The molecule has 0 spiro atoms. The van der Waals surface area contributed by atoms with Crippen molar-refractivity contribution < 1.29 is 63.2 Å². The molecule has 0 saturated heterocycles. The Morgan fingerprint density at radius 3 is 1.91 bits per heavy atom. The van der Waals surface area contributed by atoms with Crippen molar-refractivity contribution in [2.24, 2.45) is 0 Å². The first-order valence-electron chi connectivity index (χ1n) is 10.9. The summed E-state index contributed by atoms with van der Waals surface area (Å²) in [6.45, 7) is 3.61. The largest absolute Gasteiger partial charge is 1.00 e. The predicted molar refractivity (Wildman–Crippen MR) is 121 cm³/mol. The van der Waals surface area contributed by atoms with Crippen LogP contribution in [0.25, 0.3) is 0 Å². The van der Waals surface area contributed by atoms with Crippen LogP contribution in [0, 0.1) is 25.5 Å². The Morgan fingerprint density at radius 1 is 0.914 bits per heavy atom. The van der Waals surface area contributed by atoms with Crippen molar-refractivity contribution in [3.8, 4) is 5.75 Å². The summed E-state index contributed by atoms with van der Waals surface area (Å²) in [7, 11) is 0. The maximum Gasteiger partial charge on any atom is 1.00 e. The third-order valence-corrected chi connectivity index (χ3v) is 5.53. The molecule has 3 aromatic rings. The van der Waals surface area contributed by atoms with Crippen molar-refractivity contribution >= 4 is 5.97 Å². The number of benzene rings is 3. The van der Waals surface area contributed by atoms with E-state index in [2.05, 4.69) is 0 Å². The molecule has 0 saturated carbocycles. The van der Waals surface area contributed by atoms with Gasteiger partial charge in [0.25, 0.3) is 0 Å². The van der Waals surface area contributed by atoms with Crippen LogP contribution in [0.5, 0.6) is 5.75 Å². The van der Waals surface area contributed by atoms with Gasteiger partial charge in [-0.25, -0.2) is 8.78 Å². The van der Waals surface area contributed by atoms with Crippen LogP contribution in [0.4, 0.5) is 8.78 Å². The summed E-state index contributed by atoms with van der Waals surface area (Å²) in [5, 5.41) is 30.7. The second-order valence-corrected chi connectivity index (χ2v) is 8.47. The quantitative estimate of drug-likeness (QED) is 0.316. The number of ether oxygens (including phenoxy) is 1. The first kappa shape index (κ1) is 28.9. The van der Waals surface area contributed by atoms with E-state index in [9.17, 15) is 28.9 Å². The zero-order chi connectivity index (χ0) is 24.8. The molecule has 3 aromatic carbocycles. The number of aliphatic carboxylic acids is 1. The Hall–Kier alpha value is -2.29. The van der Waals surface area contributed by atoms with E-state index in [1.165, 1.54) is 24.3 Å². The number of carboxylic acid groups (broad SMARTS) is 1. The molecule has 0 heterocycles. The van der Waals surface area contributed by atoms with Crippen molar-refractivity contribution in [3.63, 3.8) is 0 Å². The summed E-state index contributed by atoms with van der Waals surface area (Å²) in [6, 6.07) is 15.9. The van der Waals surface area contributed by atoms with Crippen LogP contribution in [0.1, 0.15) is 46.6 Å². The molecule has 0 aliphatic heterocycles. The number of hydrogen-bond donors (Lipinski definition) is 2. The van der Waals surface area contributed by atoms with E-state index in [0.717, 1.165) is 27.8 Å². The van der Waals surface area contributed by atoms with E-state index in [-0.39, 0.29) is 54.2 Å². The molecule has 0 fully saturated rings. The molecule has 2 N–H and O–H groups in total. The minimum absolute atomic E-state index is 0. The fourth-order valence-corrected chi connectivity index (χ4v) is 4.10. The van der Waals surface area contributed by atoms with Gasteiger partial charge in [-0.1, -0.05) is 42.0 Å². The van der Waals surface area contributed by atoms with Crippen molar-refractivity contribution in [1.82, 2.24) is 0 Å². The summed E-state index contributed by atoms with van der Waals surface area (Å²) in [5.41, 5.74) is 4.05. The third-order valence-electron chi connectivity index (χ3n) is 5.53. The number of rotatable bonds is 10. The van der Waals surface area contributed by atoms with Crippen LogP contribution in [0.15, 0.2) is 60.7 Å². The molecule has 2 atom stereocenters. The van der Waals surface area contributed by atoms with Crippen molar-refractivity contribution in [2.75, 3.05) is 6.61 Å². The minimum Gasteiger partial charge on any atom is -0.550 e. The molecular weight excluding hydrogens is 465 g/mol. The number of aliphatic hydroxyl groups excluding tert-OH is 2. The maximum atomic E-state index is 13.6. The van der Waals surface area contributed by atoms with Gasteiger partial charge in [0.05, 0.1) is 12.2 Å². The normalized spacial score (nSPS) is 12.7. The number of hydrogen-bond acceptors (Lipinski definition) is 5. The van der Waals surface area contributed by atoms with Gasteiger partial charge >= 0.3 is 29.6 Å². The molecule has 3 rings (SSSR count). The number of aryl methyl sites for hydroxylation is 2. The first-order chi connectivity index (χ1) is 16.1. The van der Waals surface area contributed by atoms with Gasteiger partial charge in [0, 0.05) is 30.3 Å². The van der Waals surface area contributed by atoms with Gasteiger partial charge in [-0.15, -0.1) is 0 Å². The molecule has 180 valence electrons. The SMILES string of the molecule is Cc1cc(C)c(OCC(O)C[C@@H](O)CC(=O)[O-])c(C(c2ccc(F)cc2)c2ccc(F)cc2)c1.[Na+]. The number of aliphatic hydroxyl groups is 2. The van der Waals surface area contributed by atoms with Gasteiger partial charge in [-0.2, -0.15) is 0 Å². The van der Waals surface area contributed by atoms with Crippen molar-refractivity contribution in [2.45, 2.75) is 44.8 Å². The van der Waals surface area contributed by atoms with E-state index >= 15 is 0 Å². The molecule has 0 bridgehead atoms. The predicted octanol–water partition coefficient (Wildman–Crippen LogP) is 0.397. The fourth-order valence-electron chi connectivity index (χ4n) is 4.10. The van der Waals surface area contributed by atoms with Crippen LogP contribution in [0.3, 0.4) is 0 Å². The van der Waals surface area contributed by atoms with Gasteiger partial charge in [0.1, 0.15) is 24.0 Å². The first-order valence-corrected chi connectivity index (χ1v) is 10.9. The van der Waals surface area contributed by atoms with Crippen molar-refractivity contribution in [3.05, 3.63) is 100 Å². The number of carbonyl (C=O) groups excluding carboxylic acids is 1. The average Bonchev–Trinajstić information content (AvgIpc) is 2.75. The minimum atomic E-state index is -1.40. The van der Waals surface area contributed by atoms with Crippen LogP contribution < -0.4 is 39.4 Å². The molecule has 0 radical (unpaired) electrons. The summed E-state index contributed by atoms with van der Waals surface area (Å²) >= 11 is 0. The standard InChI is InChI=1S/C27H28F2O5.Na/c1-16-11-17(2)27(34-15-23(31)13-22(30)14-25(32)33)24(12-16)26(18-3-7-20(28)8-4-18)19-5-9-21(29)10-6-19;/h3-12,22-23,26,30-31H,13-15H2,1-2H3,(H,32,33);/q;+1/p-1/t22-,23?;/m1./s1. The topological polar surface area (TPSA) is 89.8 Å². The number of carbonyl (C=O) groups is 1. The molecule has 35 heavy (non-hydrogen) atoms. The smallest absolute Gasteiger partial charge is 0.550 e. The zero-order valence-corrected chi connectivity index (χ0v) is 22.0. The number of halogens is 2. The van der Waals surface area contributed by atoms with Crippen LogP contribution in [-0.4, -0.2) is 35.0 Å². The van der Waals surface area contributed by atoms with E-state index in [0.29, 0.717) is 5.75 Å². The average molecular weight is 492 g/mol. The molecular formula is C27H27F2NaO5. The molecule has 0 aliphatic rings. The van der Waals surface area contributed by atoms with Gasteiger partial charge in [-0.05, 0) is 54.8 Å². The number of carboxylic acids is 1. The van der Waals surface area contributed by atoms with E-state index < -0.39 is 30.5 Å². The Kier molecular flexibility index (Phi) is 10.9. The molecule has 0 aliphatic carbocycles. The van der Waals surface area contributed by atoms with Crippen LogP contribution in [-0.2, 0) is 4.79 Å². The second-order valence-electron chi connectivity index (χ2n) is 8.47. The van der Waals surface area contributed by atoms with E-state index in [4.69, 9.17) is 4.74 Å². The zero-order valence-electron chi connectivity index (χ0n) is 20.0. The Bertz CT molecular complexity index is 1070. The Labute approximate surface area is 225 Å². The Balaban J connectivity index is 0.00000432. The maximum absolute atomic E-state index is 13.6. The van der Waals surface area contributed by atoms with Gasteiger partial charge in [0.15, 0.2) is 0 Å². The third kappa shape index (κ3) is 8.12. The second kappa shape index (κ2) is 13.1. The molecule has 0 aromatic heterocycles. The molecule has 1 unspecified atom stereocenters. The van der Waals surface area contributed by atoms with Gasteiger partial charge in [-0.3, -0.25) is 0 Å². The summed E-state index contributed by atoms with van der Waals surface area (Å²) in [6.07, 6.45) is -3.14. The molecule has 5 nitrogen and oxygen atoms in total. The van der Waals surface area contributed by atoms with Gasteiger partial charge in [0.2, 0.25) is 0 Å². The summed E-state index contributed by atoms with van der Waals surface area (Å²) in [4.78, 5) is 10.6. The summed E-state index contributed by atoms with van der Waals surface area (Å²) in [5.74, 6) is -2.07. The van der Waals surface area contributed by atoms with E-state index in [1.807, 2.05) is 26.0 Å². The monoisotopic (exact) mass is 492 g/mol. The van der Waals surface area contributed by atoms with Crippen LogP contribution >= 0.6 is 0 Å². The molecule has 8 heteroatoms. The fraction of sp³-hybridized carbons (Fsp3) is 0.296. The Morgan fingerprint density at radius 2 is 1.43 bits per heavy atom. The van der Waals surface area contributed by atoms with Crippen molar-refractivity contribution in [1.29, 1.82) is 0 Å². The van der Waals surface area contributed by atoms with Gasteiger partial charge < -0.3 is 24.9 Å². The molecule has 0 amide bonds. The van der Waals surface area contributed by atoms with E-state index in [1.54, 1.807) is 24.3 Å².